The number of nitrogens with one attached hydrogen (secondary N) is 1. The minimum atomic E-state index is -2.35. The van der Waals surface area contributed by atoms with Crippen molar-refractivity contribution in [3.05, 3.63) is 18.2 Å². The molecule has 0 spiro atoms. The van der Waals surface area contributed by atoms with Gasteiger partial charge in [-0.3, -0.25) is 0 Å². The Morgan fingerprint density at radius 3 is 2.82 bits per heavy atom. The summed E-state index contributed by atoms with van der Waals surface area (Å²) < 4.78 is 23.9. The van der Waals surface area contributed by atoms with E-state index in [0.717, 1.165) is 0 Å². The van der Waals surface area contributed by atoms with Gasteiger partial charge in [-0.2, -0.15) is 0 Å². The van der Waals surface area contributed by atoms with Crippen LogP contribution < -0.4 is 0 Å². The SMILES string of the molecule is FC(F)C(Br)Cc1ncc[nH]1. The Balaban J connectivity index is 2.43. The number of alkyl halides is 3. The number of imidazole rings is 1. The molecular formula is C6H7BrF2N2. The summed E-state index contributed by atoms with van der Waals surface area (Å²) in [5.74, 6) is 0.576. The largest absolute Gasteiger partial charge is 0.349 e. The summed E-state index contributed by atoms with van der Waals surface area (Å²) in [6, 6.07) is 0. The van der Waals surface area contributed by atoms with E-state index in [2.05, 4.69) is 25.9 Å². The predicted molar refractivity (Wildman–Crippen MR) is 41.0 cm³/mol. The van der Waals surface area contributed by atoms with Crippen molar-refractivity contribution in [1.82, 2.24) is 9.97 Å². The molecule has 1 N–H and O–H groups in total. The molecule has 0 fully saturated rings. The maximum atomic E-state index is 11.9. The molecule has 1 aromatic rings. The van der Waals surface area contributed by atoms with E-state index in [1.54, 1.807) is 12.4 Å². The first-order valence-electron chi connectivity index (χ1n) is 3.10. The molecule has 2 nitrogen and oxygen atoms in total. The van der Waals surface area contributed by atoms with Crippen molar-refractivity contribution in [2.24, 2.45) is 0 Å². The van der Waals surface area contributed by atoms with Crippen molar-refractivity contribution in [3.8, 4) is 0 Å². The lowest BCUT2D eigenvalue weighted by atomic mass is 10.3. The summed E-state index contributed by atoms with van der Waals surface area (Å²) >= 11 is 2.85. The van der Waals surface area contributed by atoms with Crippen LogP contribution in [0.25, 0.3) is 0 Å². The highest BCUT2D eigenvalue weighted by atomic mass is 79.9. The molecule has 0 aliphatic rings. The van der Waals surface area contributed by atoms with Crippen LogP contribution in [0.15, 0.2) is 12.4 Å². The Labute approximate surface area is 71.2 Å². The zero-order valence-corrected chi connectivity index (χ0v) is 7.18. The second kappa shape index (κ2) is 3.80. The first-order chi connectivity index (χ1) is 5.20. The maximum Gasteiger partial charge on any atom is 0.251 e. The molecule has 0 aliphatic heterocycles. The van der Waals surface area contributed by atoms with Gasteiger partial charge in [-0.1, -0.05) is 15.9 Å². The number of H-pyrrole nitrogens is 1. The van der Waals surface area contributed by atoms with E-state index < -0.39 is 11.3 Å². The summed E-state index contributed by atoms with van der Waals surface area (Å²) in [4.78, 5) is 5.76. The Morgan fingerprint density at radius 1 is 1.64 bits per heavy atom. The molecule has 11 heavy (non-hydrogen) atoms. The fraction of sp³-hybridized carbons (Fsp3) is 0.500. The number of hydrogen-bond donors (Lipinski definition) is 1. The summed E-state index contributed by atoms with van der Waals surface area (Å²) in [5.41, 5.74) is 0. The van der Waals surface area contributed by atoms with E-state index in [4.69, 9.17) is 0 Å². The average Bonchev–Trinajstić information content (AvgIpc) is 2.39. The number of aromatic nitrogens is 2. The van der Waals surface area contributed by atoms with Gasteiger partial charge in [0.05, 0.1) is 4.83 Å². The van der Waals surface area contributed by atoms with Crippen molar-refractivity contribution >= 4 is 15.9 Å². The van der Waals surface area contributed by atoms with Crippen molar-refractivity contribution in [1.29, 1.82) is 0 Å². The van der Waals surface area contributed by atoms with Crippen molar-refractivity contribution in [2.75, 3.05) is 0 Å². The van der Waals surface area contributed by atoms with Gasteiger partial charge >= 0.3 is 0 Å². The van der Waals surface area contributed by atoms with E-state index in [1.165, 1.54) is 0 Å². The Kier molecular flexibility index (Phi) is 2.99. The Hall–Kier alpha value is -0.450. The highest BCUT2D eigenvalue weighted by Gasteiger charge is 2.17. The summed E-state index contributed by atoms with van der Waals surface area (Å²) in [7, 11) is 0. The Bertz CT molecular complexity index is 200. The molecule has 0 saturated carbocycles. The standard InChI is InChI=1S/C6H7BrF2N2/c7-4(6(8)9)3-5-10-1-2-11-5/h1-2,4,6H,3H2,(H,10,11). The van der Waals surface area contributed by atoms with Gasteiger partial charge in [0.15, 0.2) is 0 Å². The second-order valence-electron chi connectivity index (χ2n) is 2.09. The number of aromatic amines is 1. The number of halogens is 3. The van der Waals surface area contributed by atoms with Gasteiger partial charge in [0, 0.05) is 18.8 Å². The van der Waals surface area contributed by atoms with E-state index in [0.29, 0.717) is 5.82 Å². The molecule has 0 saturated heterocycles. The highest BCUT2D eigenvalue weighted by Crippen LogP contribution is 2.14. The van der Waals surface area contributed by atoms with Crippen molar-refractivity contribution in [2.45, 2.75) is 17.7 Å². The van der Waals surface area contributed by atoms with Gasteiger partial charge in [0.25, 0.3) is 6.43 Å². The van der Waals surface area contributed by atoms with Crippen LogP contribution in [-0.4, -0.2) is 21.2 Å². The zero-order valence-electron chi connectivity index (χ0n) is 5.60. The summed E-state index contributed by atoms with van der Waals surface area (Å²) in [6.07, 6.45) is 1.03. The first kappa shape index (κ1) is 8.64. The van der Waals surface area contributed by atoms with Crippen molar-refractivity contribution < 1.29 is 8.78 Å². The van der Waals surface area contributed by atoms with Gasteiger partial charge < -0.3 is 4.98 Å². The summed E-state index contributed by atoms with van der Waals surface area (Å²) in [5, 5.41) is 0. The molecule has 5 heteroatoms. The molecule has 1 rings (SSSR count). The van der Waals surface area contributed by atoms with Crippen LogP contribution in [0.1, 0.15) is 5.82 Å². The quantitative estimate of drug-likeness (QED) is 0.782. The average molecular weight is 225 g/mol. The fourth-order valence-corrected chi connectivity index (χ4v) is 0.990. The number of nitrogens with zero attached hydrogens (tertiary/aromatic N) is 1. The molecule has 0 aromatic carbocycles. The second-order valence-corrected chi connectivity index (χ2v) is 3.27. The van der Waals surface area contributed by atoms with Crippen LogP contribution in [0.4, 0.5) is 8.78 Å². The van der Waals surface area contributed by atoms with Crippen molar-refractivity contribution in [3.63, 3.8) is 0 Å². The minimum absolute atomic E-state index is 0.227. The molecule has 1 unspecified atom stereocenters. The third-order valence-electron chi connectivity index (χ3n) is 1.22. The van der Waals surface area contributed by atoms with E-state index in [1.807, 2.05) is 0 Å². The number of rotatable bonds is 3. The Morgan fingerprint density at radius 2 is 2.36 bits per heavy atom. The lowest BCUT2D eigenvalue weighted by Gasteiger charge is -2.04. The molecule has 0 aliphatic carbocycles. The normalized spacial score (nSPS) is 13.8. The molecule has 1 aromatic heterocycles. The lowest BCUT2D eigenvalue weighted by molar-refractivity contribution is 0.146. The maximum absolute atomic E-state index is 11.9. The van der Waals surface area contributed by atoms with Gasteiger partial charge in [0.2, 0.25) is 0 Å². The predicted octanol–water partition coefficient (Wildman–Crippen LogP) is 1.98. The molecule has 62 valence electrons. The molecule has 0 radical (unpaired) electrons. The zero-order chi connectivity index (χ0) is 8.27. The van der Waals surface area contributed by atoms with Crippen LogP contribution in [0.3, 0.4) is 0 Å². The summed E-state index contributed by atoms with van der Waals surface area (Å²) in [6.45, 7) is 0. The van der Waals surface area contributed by atoms with Crippen LogP contribution in [-0.2, 0) is 6.42 Å². The molecule has 0 amide bonds. The van der Waals surface area contributed by atoms with Gasteiger partial charge in [-0.15, -0.1) is 0 Å². The lowest BCUT2D eigenvalue weighted by Crippen LogP contribution is -2.13. The molecule has 1 heterocycles. The van der Waals surface area contributed by atoms with Gasteiger partial charge in [-0.25, -0.2) is 13.8 Å². The van der Waals surface area contributed by atoms with E-state index in [-0.39, 0.29) is 6.42 Å². The van der Waals surface area contributed by atoms with Gasteiger partial charge in [0.1, 0.15) is 5.82 Å². The number of hydrogen-bond acceptors (Lipinski definition) is 1. The van der Waals surface area contributed by atoms with E-state index >= 15 is 0 Å². The minimum Gasteiger partial charge on any atom is -0.349 e. The van der Waals surface area contributed by atoms with Gasteiger partial charge in [-0.05, 0) is 0 Å². The highest BCUT2D eigenvalue weighted by molar-refractivity contribution is 9.09. The first-order valence-corrected chi connectivity index (χ1v) is 4.02. The third kappa shape index (κ3) is 2.57. The monoisotopic (exact) mass is 224 g/mol. The smallest absolute Gasteiger partial charge is 0.251 e. The van der Waals surface area contributed by atoms with Crippen LogP contribution >= 0.6 is 15.9 Å². The van der Waals surface area contributed by atoms with Crippen LogP contribution in [0.5, 0.6) is 0 Å². The van der Waals surface area contributed by atoms with E-state index in [9.17, 15) is 8.78 Å². The molecule has 1 atom stereocenters. The fourth-order valence-electron chi connectivity index (χ4n) is 0.683. The topological polar surface area (TPSA) is 28.7 Å². The van der Waals surface area contributed by atoms with Crippen LogP contribution in [0, 0.1) is 0 Å². The van der Waals surface area contributed by atoms with Crippen LogP contribution in [0.2, 0.25) is 0 Å². The molecular weight excluding hydrogens is 218 g/mol. The third-order valence-corrected chi connectivity index (χ3v) is 1.94. The molecule has 0 bridgehead atoms.